The highest BCUT2D eigenvalue weighted by Gasteiger charge is 2.32. The minimum atomic E-state index is -0.720. The fourth-order valence-electron chi connectivity index (χ4n) is 4.18. The van der Waals surface area contributed by atoms with Gasteiger partial charge in [-0.25, -0.2) is 4.79 Å². The van der Waals surface area contributed by atoms with Gasteiger partial charge in [-0.05, 0) is 51.2 Å². The number of rotatable bonds is 6. The van der Waals surface area contributed by atoms with Crippen LogP contribution in [0.1, 0.15) is 59.4 Å². The maximum Gasteiger partial charge on any atom is 0.408 e. The standard InChI is InChI=1S/C25H36N4O4/c1-15(2)13-19(28-24(32)33-25(4,5)6)23(31)27-18-14-17-9-7-10-20(22(17)26-16(18)3)29-12-8-11-21(29)30/h7,9-10,15,18-19,26H,3,8,11-14H2,1-2,4-6H3,(H,27,31)(H,28,32)/t18?,19-/m1/s1. The van der Waals surface area contributed by atoms with Gasteiger partial charge in [0, 0.05) is 25.1 Å². The number of para-hydroxylation sites is 1. The van der Waals surface area contributed by atoms with Gasteiger partial charge in [0.2, 0.25) is 11.8 Å². The van der Waals surface area contributed by atoms with E-state index >= 15 is 0 Å². The number of nitrogens with one attached hydrogen (secondary N) is 3. The molecule has 1 unspecified atom stereocenters. The lowest BCUT2D eigenvalue weighted by Crippen LogP contribution is -2.52. The fraction of sp³-hybridized carbons (Fsp3) is 0.560. The number of carbonyl (C=O) groups is 3. The van der Waals surface area contributed by atoms with Crippen LogP contribution in [-0.4, -0.2) is 42.1 Å². The smallest absolute Gasteiger partial charge is 0.408 e. The number of ether oxygens (including phenoxy) is 1. The molecule has 1 aromatic carbocycles. The predicted molar refractivity (Wildman–Crippen MR) is 129 cm³/mol. The molecule has 0 aromatic heterocycles. The molecule has 2 aliphatic heterocycles. The number of amides is 3. The Bertz CT molecular complexity index is 935. The van der Waals surface area contributed by atoms with E-state index < -0.39 is 17.7 Å². The Morgan fingerprint density at radius 2 is 2.03 bits per heavy atom. The molecule has 3 N–H and O–H groups in total. The van der Waals surface area contributed by atoms with Gasteiger partial charge in [0.15, 0.2) is 0 Å². The molecule has 0 bridgehead atoms. The lowest BCUT2D eigenvalue weighted by molar-refractivity contribution is -0.124. The van der Waals surface area contributed by atoms with E-state index in [0.29, 0.717) is 31.5 Å². The molecule has 1 saturated heterocycles. The second kappa shape index (κ2) is 9.85. The molecule has 0 spiro atoms. The fourth-order valence-corrected chi connectivity index (χ4v) is 4.18. The van der Waals surface area contributed by atoms with E-state index in [1.54, 1.807) is 25.7 Å². The highest BCUT2D eigenvalue weighted by atomic mass is 16.6. The molecule has 3 rings (SSSR count). The van der Waals surface area contributed by atoms with Gasteiger partial charge in [-0.2, -0.15) is 0 Å². The minimum Gasteiger partial charge on any atom is -0.444 e. The van der Waals surface area contributed by atoms with E-state index in [2.05, 4.69) is 22.5 Å². The van der Waals surface area contributed by atoms with Crippen LogP contribution in [0.2, 0.25) is 0 Å². The van der Waals surface area contributed by atoms with Gasteiger partial charge in [0.25, 0.3) is 0 Å². The van der Waals surface area contributed by atoms with Crippen LogP contribution in [0, 0.1) is 5.92 Å². The third-order valence-corrected chi connectivity index (χ3v) is 5.65. The molecular weight excluding hydrogens is 420 g/mol. The van der Waals surface area contributed by atoms with E-state index in [0.717, 1.165) is 23.4 Å². The first kappa shape index (κ1) is 24.6. The van der Waals surface area contributed by atoms with Crippen LogP contribution in [0.15, 0.2) is 30.5 Å². The molecule has 0 radical (unpaired) electrons. The van der Waals surface area contributed by atoms with Gasteiger partial charge in [0.05, 0.1) is 17.4 Å². The van der Waals surface area contributed by atoms with Crippen molar-refractivity contribution in [2.75, 3.05) is 16.8 Å². The van der Waals surface area contributed by atoms with Gasteiger partial charge in [-0.1, -0.05) is 32.6 Å². The number of fused-ring (bicyclic) bond motifs is 1. The number of anilines is 2. The number of hydrogen-bond donors (Lipinski definition) is 3. The van der Waals surface area contributed by atoms with Crippen LogP contribution >= 0.6 is 0 Å². The second-order valence-electron chi connectivity index (χ2n) is 10.2. The maximum absolute atomic E-state index is 13.1. The van der Waals surface area contributed by atoms with Crippen molar-refractivity contribution in [3.63, 3.8) is 0 Å². The Morgan fingerprint density at radius 3 is 2.64 bits per heavy atom. The van der Waals surface area contributed by atoms with Gasteiger partial charge in [-0.3, -0.25) is 9.59 Å². The molecule has 2 atom stereocenters. The normalized spacial score (nSPS) is 19.1. The lowest BCUT2D eigenvalue weighted by atomic mass is 9.95. The predicted octanol–water partition coefficient (Wildman–Crippen LogP) is 3.72. The zero-order valence-electron chi connectivity index (χ0n) is 20.3. The van der Waals surface area contributed by atoms with Crippen LogP contribution in [0.25, 0.3) is 0 Å². The molecule has 1 aromatic rings. The SMILES string of the molecule is C=C1Nc2c(cccc2N2CCCC2=O)CC1NC(=O)[C@@H](CC(C)C)NC(=O)OC(C)(C)C. The van der Waals surface area contributed by atoms with Crippen molar-refractivity contribution < 1.29 is 19.1 Å². The summed E-state index contributed by atoms with van der Waals surface area (Å²) >= 11 is 0. The van der Waals surface area contributed by atoms with E-state index in [4.69, 9.17) is 4.74 Å². The molecule has 8 nitrogen and oxygen atoms in total. The quantitative estimate of drug-likeness (QED) is 0.606. The molecule has 180 valence electrons. The van der Waals surface area contributed by atoms with E-state index in [1.807, 2.05) is 32.0 Å². The van der Waals surface area contributed by atoms with E-state index in [9.17, 15) is 14.4 Å². The molecule has 2 heterocycles. The van der Waals surface area contributed by atoms with Gasteiger partial charge in [-0.15, -0.1) is 0 Å². The zero-order chi connectivity index (χ0) is 24.3. The summed E-state index contributed by atoms with van der Waals surface area (Å²) in [5.74, 6) is 0.0393. The first-order chi connectivity index (χ1) is 15.4. The van der Waals surface area contributed by atoms with Crippen LogP contribution in [0.3, 0.4) is 0 Å². The van der Waals surface area contributed by atoms with Crippen molar-refractivity contribution in [1.29, 1.82) is 0 Å². The topological polar surface area (TPSA) is 99.8 Å². The Hall–Kier alpha value is -3.03. The summed E-state index contributed by atoms with van der Waals surface area (Å²) < 4.78 is 5.34. The molecule has 8 heteroatoms. The molecule has 0 saturated carbocycles. The summed E-state index contributed by atoms with van der Waals surface area (Å²) in [5.41, 5.74) is 2.72. The molecule has 1 fully saturated rings. The number of benzene rings is 1. The number of carbonyl (C=O) groups excluding carboxylic acids is 3. The second-order valence-corrected chi connectivity index (χ2v) is 10.2. The molecule has 2 aliphatic rings. The summed E-state index contributed by atoms with van der Waals surface area (Å²) in [5, 5.41) is 9.06. The van der Waals surface area contributed by atoms with E-state index in [1.165, 1.54) is 0 Å². The summed E-state index contributed by atoms with van der Waals surface area (Å²) in [6.45, 7) is 14.2. The maximum atomic E-state index is 13.1. The number of nitrogens with zero attached hydrogens (tertiary/aromatic N) is 1. The van der Waals surface area contributed by atoms with Gasteiger partial charge >= 0.3 is 6.09 Å². The van der Waals surface area contributed by atoms with Crippen molar-refractivity contribution in [3.8, 4) is 0 Å². The van der Waals surface area contributed by atoms with Crippen molar-refractivity contribution >= 4 is 29.3 Å². The summed E-state index contributed by atoms with van der Waals surface area (Å²) in [7, 11) is 0. The first-order valence-corrected chi connectivity index (χ1v) is 11.6. The third-order valence-electron chi connectivity index (χ3n) is 5.65. The molecule has 0 aliphatic carbocycles. The molecular formula is C25H36N4O4. The number of alkyl carbamates (subject to hydrolysis) is 1. The molecule has 33 heavy (non-hydrogen) atoms. The average molecular weight is 457 g/mol. The monoisotopic (exact) mass is 456 g/mol. The lowest BCUT2D eigenvalue weighted by Gasteiger charge is -2.33. The Labute approximate surface area is 196 Å². The molecule has 3 amide bonds. The van der Waals surface area contributed by atoms with Crippen molar-refractivity contribution in [1.82, 2.24) is 10.6 Å². The highest BCUT2D eigenvalue weighted by Crippen LogP contribution is 2.37. The Balaban J connectivity index is 1.72. The van der Waals surface area contributed by atoms with E-state index in [-0.39, 0.29) is 23.8 Å². The number of hydrogen-bond acceptors (Lipinski definition) is 5. The minimum absolute atomic E-state index is 0.121. The Kier molecular flexibility index (Phi) is 7.34. The van der Waals surface area contributed by atoms with Crippen LogP contribution in [0.4, 0.5) is 16.2 Å². The van der Waals surface area contributed by atoms with Crippen molar-refractivity contribution in [2.45, 2.75) is 78.0 Å². The summed E-state index contributed by atoms with van der Waals surface area (Å²) in [6.07, 6.45) is 1.82. The van der Waals surface area contributed by atoms with Crippen molar-refractivity contribution in [3.05, 3.63) is 36.0 Å². The van der Waals surface area contributed by atoms with Crippen LogP contribution in [0.5, 0.6) is 0 Å². The Morgan fingerprint density at radius 1 is 1.30 bits per heavy atom. The first-order valence-electron chi connectivity index (χ1n) is 11.6. The third kappa shape index (κ3) is 6.27. The van der Waals surface area contributed by atoms with Gasteiger partial charge in [0.1, 0.15) is 11.6 Å². The summed E-state index contributed by atoms with van der Waals surface area (Å²) in [6, 6.07) is 4.79. The van der Waals surface area contributed by atoms with Crippen LogP contribution < -0.4 is 20.9 Å². The van der Waals surface area contributed by atoms with Crippen LogP contribution in [-0.2, 0) is 20.7 Å². The largest absolute Gasteiger partial charge is 0.444 e. The summed E-state index contributed by atoms with van der Waals surface area (Å²) in [4.78, 5) is 39.5. The van der Waals surface area contributed by atoms with Gasteiger partial charge < -0.3 is 25.6 Å². The highest BCUT2D eigenvalue weighted by molar-refractivity contribution is 5.99. The van der Waals surface area contributed by atoms with Crippen molar-refractivity contribution in [2.24, 2.45) is 5.92 Å². The average Bonchev–Trinajstić information content (AvgIpc) is 3.11. The zero-order valence-corrected chi connectivity index (χ0v) is 20.3.